The second-order valence-electron chi connectivity index (χ2n) is 12.2. The molecule has 8 heteroatoms. The number of rotatable bonds is 15. The molecule has 1 heterocycles. The Labute approximate surface area is 262 Å². The fourth-order valence-corrected chi connectivity index (χ4v) is 8.61. The molecule has 2 aromatic rings. The molecule has 0 aromatic heterocycles. The minimum Gasteiger partial charge on any atom is -1.00 e. The number of benzene rings is 2. The number of fused-ring (bicyclic) bond motifs is 1. The van der Waals surface area contributed by atoms with Crippen LogP contribution in [0.5, 0.6) is 5.75 Å². The molecule has 0 spiro atoms. The van der Waals surface area contributed by atoms with Gasteiger partial charge in [-0.25, -0.2) is 8.42 Å². The molecule has 0 saturated carbocycles. The number of hydrogen-bond donors (Lipinski definition) is 1. The number of unbranched alkanes of at least 4 members (excludes halogenated alkanes) is 2. The van der Waals surface area contributed by atoms with Gasteiger partial charge in [0.25, 0.3) is 0 Å². The Kier molecular flexibility index (Phi) is 14.1. The summed E-state index contributed by atoms with van der Waals surface area (Å²) in [7, 11) is 0.288. The van der Waals surface area contributed by atoms with Gasteiger partial charge in [-0.1, -0.05) is 65.5 Å². The molecule has 1 N–H and O–H groups in total. The van der Waals surface area contributed by atoms with E-state index in [1.165, 1.54) is 0 Å². The van der Waals surface area contributed by atoms with Crippen molar-refractivity contribution < 1.29 is 30.7 Å². The first-order valence-corrected chi connectivity index (χ1v) is 17.4. The largest absolute Gasteiger partial charge is 1.00 e. The number of likely N-dealkylation sites (N-methyl/N-ethyl adjacent to an activating group) is 1. The van der Waals surface area contributed by atoms with E-state index in [-0.39, 0.29) is 18.2 Å². The maximum Gasteiger partial charge on any atom is 0.179 e. The van der Waals surface area contributed by atoms with Crippen molar-refractivity contribution in [1.82, 2.24) is 4.90 Å². The van der Waals surface area contributed by atoms with Gasteiger partial charge in [-0.2, -0.15) is 0 Å². The van der Waals surface area contributed by atoms with Gasteiger partial charge in [0.15, 0.2) is 9.84 Å². The number of hydrogen-bond acceptors (Lipinski definition) is 6. The van der Waals surface area contributed by atoms with Gasteiger partial charge in [0.2, 0.25) is 0 Å². The van der Waals surface area contributed by atoms with Crippen molar-refractivity contribution in [1.29, 1.82) is 0 Å². The van der Waals surface area contributed by atoms with E-state index >= 15 is 0 Å². The maximum atomic E-state index is 14.1. The maximum absolute atomic E-state index is 14.1. The van der Waals surface area contributed by atoms with Gasteiger partial charge in [-0.15, -0.1) is 0 Å². The quantitative estimate of drug-likeness (QED) is 0.325. The lowest BCUT2D eigenvalue weighted by Crippen LogP contribution is -3.00. The van der Waals surface area contributed by atoms with Crippen molar-refractivity contribution >= 4 is 15.5 Å². The number of sulfone groups is 1. The van der Waals surface area contributed by atoms with Crippen molar-refractivity contribution in [3.8, 4) is 5.75 Å². The van der Waals surface area contributed by atoms with Crippen LogP contribution in [0.25, 0.3) is 0 Å². The zero-order valence-corrected chi connectivity index (χ0v) is 28.5. The third kappa shape index (κ3) is 8.43. The van der Waals surface area contributed by atoms with E-state index < -0.39 is 27.3 Å². The molecule has 0 amide bonds. The number of aliphatic hydroxyl groups excluding tert-OH is 1. The lowest BCUT2D eigenvalue weighted by Gasteiger charge is -2.40. The van der Waals surface area contributed by atoms with Crippen LogP contribution in [0.2, 0.25) is 0 Å². The monoisotopic (exact) mass is 621 g/mol. The van der Waals surface area contributed by atoms with Crippen LogP contribution in [0.3, 0.4) is 0 Å². The second-order valence-corrected chi connectivity index (χ2v) is 14.1. The van der Waals surface area contributed by atoms with Crippen LogP contribution in [0, 0.1) is 5.41 Å². The number of anilines is 1. The Morgan fingerprint density at radius 3 is 2.26 bits per heavy atom. The smallest absolute Gasteiger partial charge is 0.179 e. The molecule has 1 aliphatic heterocycles. The van der Waals surface area contributed by atoms with E-state index in [0.29, 0.717) is 35.9 Å². The molecule has 0 saturated heterocycles. The first-order chi connectivity index (χ1) is 19.5. The number of ether oxygens (including phenoxy) is 1. The van der Waals surface area contributed by atoms with Crippen molar-refractivity contribution in [3.63, 3.8) is 0 Å². The van der Waals surface area contributed by atoms with Crippen LogP contribution in [0.1, 0.15) is 96.6 Å². The van der Waals surface area contributed by atoms with E-state index in [2.05, 4.69) is 39.5 Å². The molecule has 42 heavy (non-hydrogen) atoms. The molecule has 0 bridgehead atoms. The summed E-state index contributed by atoms with van der Waals surface area (Å²) >= 11 is 0. The highest BCUT2D eigenvalue weighted by Crippen LogP contribution is 2.50. The van der Waals surface area contributed by atoms with Crippen LogP contribution >= 0.6 is 0 Å². The normalized spacial score (nSPS) is 19.8. The number of aliphatic hydroxyl groups is 1. The van der Waals surface area contributed by atoms with Gasteiger partial charge in [0.1, 0.15) is 12.4 Å². The van der Waals surface area contributed by atoms with Crippen molar-refractivity contribution in [2.75, 3.05) is 44.4 Å². The minimum absolute atomic E-state index is 0. The van der Waals surface area contributed by atoms with Gasteiger partial charge >= 0.3 is 0 Å². The molecular formula is C34H54ClN2O4S-. The molecule has 3 atom stereocenters. The third-order valence-corrected chi connectivity index (χ3v) is 11.1. The summed E-state index contributed by atoms with van der Waals surface area (Å²) in [5, 5.41) is 12.4. The predicted octanol–water partition coefficient (Wildman–Crippen LogP) is 3.90. The van der Waals surface area contributed by atoms with Gasteiger partial charge in [-0.05, 0) is 74.2 Å². The van der Waals surface area contributed by atoms with Crippen molar-refractivity contribution in [3.05, 3.63) is 53.6 Å². The number of nitrogens with zero attached hydrogens (tertiary/aromatic N) is 2. The van der Waals surface area contributed by atoms with Gasteiger partial charge in [0.05, 0.1) is 16.8 Å². The van der Waals surface area contributed by atoms with E-state index in [1.807, 2.05) is 55.4 Å². The Morgan fingerprint density at radius 2 is 1.69 bits per heavy atom. The topological polar surface area (TPSA) is 70.1 Å². The van der Waals surface area contributed by atoms with Crippen LogP contribution in [-0.4, -0.2) is 70.1 Å². The average Bonchev–Trinajstić information content (AvgIpc) is 3.03. The van der Waals surface area contributed by atoms with Crippen molar-refractivity contribution in [2.24, 2.45) is 5.41 Å². The summed E-state index contributed by atoms with van der Waals surface area (Å²) in [6, 6.07) is 14.1. The second kappa shape index (κ2) is 16.3. The minimum atomic E-state index is -3.63. The highest BCUT2D eigenvalue weighted by molar-refractivity contribution is 7.91. The summed E-state index contributed by atoms with van der Waals surface area (Å²) in [4.78, 5) is 4.75. The average molecular weight is 622 g/mol. The summed E-state index contributed by atoms with van der Waals surface area (Å²) < 4.78 is 34.4. The SMILES string of the molecule is CCCCC1(CCCC)CS(=O)(=O)c2ccc(N(C)C)cc2[C@@H](c2cccc(OCCN(CC)C(C)CC)c2)[C@H]1O.[Cl-]. The van der Waals surface area contributed by atoms with E-state index in [1.54, 1.807) is 6.07 Å². The third-order valence-electron chi connectivity index (χ3n) is 9.14. The Hall–Kier alpha value is -1.80. The summed E-state index contributed by atoms with van der Waals surface area (Å²) in [6.45, 7) is 13.3. The molecule has 1 aliphatic rings. The Morgan fingerprint density at radius 1 is 1.02 bits per heavy atom. The van der Waals surface area contributed by atoms with E-state index in [0.717, 1.165) is 62.2 Å². The zero-order valence-electron chi connectivity index (χ0n) is 26.9. The van der Waals surface area contributed by atoms with Gasteiger partial charge in [0, 0.05) is 43.7 Å². The Bertz CT molecular complexity index is 1210. The van der Waals surface area contributed by atoms with E-state index in [9.17, 15) is 13.5 Å². The lowest BCUT2D eigenvalue weighted by molar-refractivity contribution is -0.0000165. The molecule has 6 nitrogen and oxygen atoms in total. The predicted molar refractivity (Wildman–Crippen MR) is 171 cm³/mol. The highest BCUT2D eigenvalue weighted by atomic mass is 35.5. The fraction of sp³-hybridized carbons (Fsp3) is 0.647. The van der Waals surface area contributed by atoms with Crippen LogP contribution < -0.4 is 22.0 Å². The van der Waals surface area contributed by atoms with Crippen molar-refractivity contribution in [2.45, 2.75) is 103 Å². The molecule has 238 valence electrons. The lowest BCUT2D eigenvalue weighted by atomic mass is 9.68. The first kappa shape index (κ1) is 36.4. The molecule has 1 unspecified atom stereocenters. The molecule has 0 radical (unpaired) electrons. The first-order valence-electron chi connectivity index (χ1n) is 15.7. The molecule has 0 aliphatic carbocycles. The standard InChI is InChI=1S/C34H54N2O4S.ClH/c1-8-12-19-34(20-13-9-2)25-41(38,39)31-18-17-28(35(6)7)24-30(31)32(33(34)37)27-15-14-16-29(23-27)40-22-21-36(11-4)26(5)10-3;/h14-18,23-24,26,32-33,37H,8-13,19-22,25H2,1-7H3;1H/p-1/t26?,32-,33-;/m1./s1. The summed E-state index contributed by atoms with van der Waals surface area (Å²) in [5.74, 6) is 0.247. The summed E-state index contributed by atoms with van der Waals surface area (Å²) in [5.41, 5.74) is 1.78. The zero-order chi connectivity index (χ0) is 30.2. The van der Waals surface area contributed by atoms with Gasteiger partial charge in [-0.3, -0.25) is 4.90 Å². The Balaban J connectivity index is 0.00000616. The molecule has 3 rings (SSSR count). The molecule has 2 aromatic carbocycles. The van der Waals surface area contributed by atoms with Crippen LogP contribution in [-0.2, 0) is 9.84 Å². The van der Waals surface area contributed by atoms with Gasteiger partial charge < -0.3 is 27.2 Å². The molecule has 0 fully saturated rings. The van der Waals surface area contributed by atoms with E-state index in [4.69, 9.17) is 4.74 Å². The highest BCUT2D eigenvalue weighted by Gasteiger charge is 2.49. The molecular weight excluding hydrogens is 568 g/mol. The fourth-order valence-electron chi connectivity index (χ4n) is 6.42. The van der Waals surface area contributed by atoms with Crippen LogP contribution in [0.4, 0.5) is 5.69 Å². The summed E-state index contributed by atoms with van der Waals surface area (Å²) in [6.07, 6.45) is 5.31. The van der Waals surface area contributed by atoms with Crippen LogP contribution in [0.15, 0.2) is 47.4 Å². The number of halogens is 1.